The van der Waals surface area contributed by atoms with E-state index >= 15 is 0 Å². The molecule has 0 unspecified atom stereocenters. The Morgan fingerprint density at radius 1 is 0.923 bits per heavy atom. The Morgan fingerprint density at radius 3 is 2.36 bits per heavy atom. The number of benzene rings is 2. The molecule has 7 heteroatoms. The Bertz CT molecular complexity index is 1170. The molecule has 0 bridgehead atoms. The number of ether oxygens (including phenoxy) is 3. The summed E-state index contributed by atoms with van der Waals surface area (Å²) in [6.07, 6.45) is 5.48. The number of esters is 1. The summed E-state index contributed by atoms with van der Waals surface area (Å²) in [4.78, 5) is 27.4. The molecule has 0 spiro atoms. The van der Waals surface area contributed by atoms with Crippen LogP contribution in [0.25, 0.3) is 10.9 Å². The molecule has 0 saturated heterocycles. The number of hydrogen-bond donors (Lipinski definition) is 0. The van der Waals surface area contributed by atoms with E-state index in [1.54, 1.807) is 6.92 Å². The lowest BCUT2D eigenvalue weighted by Crippen LogP contribution is -2.35. The number of carbonyl (C=O) groups excluding carboxylic acids is 2. The first-order valence-corrected chi connectivity index (χ1v) is 14.3. The lowest BCUT2D eigenvalue weighted by atomic mass is 10.1. The second kappa shape index (κ2) is 15.9. The third kappa shape index (κ3) is 9.13. The third-order valence-corrected chi connectivity index (χ3v) is 6.91. The van der Waals surface area contributed by atoms with E-state index in [-0.39, 0.29) is 18.5 Å². The van der Waals surface area contributed by atoms with Crippen LogP contribution < -0.4 is 4.74 Å². The fourth-order valence-corrected chi connectivity index (χ4v) is 4.71. The van der Waals surface area contributed by atoms with Crippen LogP contribution in [-0.2, 0) is 39.1 Å². The molecular formula is C32H44N2O5. The minimum Gasteiger partial charge on any atom is -0.484 e. The highest BCUT2D eigenvalue weighted by Crippen LogP contribution is 2.21. The molecule has 0 aliphatic heterocycles. The van der Waals surface area contributed by atoms with E-state index in [0.29, 0.717) is 38.5 Å². The maximum atomic E-state index is 13.3. The standard InChI is InChI=1S/C32H44N2O5/c1-5-8-9-10-13-20-34(23-27-22-26-14-11-12-15-29(26)33(27)4)31(35)24-39-28-18-16-25(17-19-28)21-30(37-6-2)32(36)38-7-3/h11-12,14-19,22,30H,5-10,13,20-21,23-24H2,1-4H3/t30-/m0/s1. The van der Waals surface area contributed by atoms with Crippen molar-refractivity contribution in [3.63, 3.8) is 0 Å². The number of amides is 1. The molecular weight excluding hydrogens is 492 g/mol. The van der Waals surface area contributed by atoms with Crippen LogP contribution in [0.1, 0.15) is 64.1 Å². The molecule has 0 aliphatic rings. The highest BCUT2D eigenvalue weighted by molar-refractivity contribution is 5.82. The Balaban J connectivity index is 1.62. The van der Waals surface area contributed by atoms with Gasteiger partial charge >= 0.3 is 5.97 Å². The SMILES string of the molecule is CCCCCCCN(Cc1cc2ccccc2n1C)C(=O)COc1ccc(C[C@H](OCC)C(=O)OCC)cc1. The van der Waals surface area contributed by atoms with Crippen molar-refractivity contribution in [2.45, 2.75) is 71.9 Å². The van der Waals surface area contributed by atoms with Gasteiger partial charge < -0.3 is 23.7 Å². The van der Waals surface area contributed by atoms with Crippen molar-refractivity contribution < 1.29 is 23.8 Å². The van der Waals surface area contributed by atoms with Crippen LogP contribution in [0.3, 0.4) is 0 Å². The predicted molar refractivity (Wildman–Crippen MR) is 155 cm³/mol. The molecule has 0 fully saturated rings. The highest BCUT2D eigenvalue weighted by atomic mass is 16.6. The molecule has 212 valence electrons. The summed E-state index contributed by atoms with van der Waals surface area (Å²) >= 11 is 0. The van der Waals surface area contributed by atoms with Gasteiger partial charge in [0.1, 0.15) is 5.75 Å². The number of aryl methyl sites for hydroxylation is 1. The molecule has 3 rings (SSSR count). The van der Waals surface area contributed by atoms with Gasteiger partial charge in [-0.1, -0.05) is 62.9 Å². The largest absolute Gasteiger partial charge is 0.484 e. The summed E-state index contributed by atoms with van der Waals surface area (Å²) < 4.78 is 18.7. The van der Waals surface area contributed by atoms with Gasteiger partial charge in [-0.25, -0.2) is 4.79 Å². The molecule has 1 aromatic heterocycles. The Hall–Kier alpha value is -3.32. The molecule has 0 aliphatic carbocycles. The van der Waals surface area contributed by atoms with Gasteiger partial charge in [0.15, 0.2) is 12.7 Å². The van der Waals surface area contributed by atoms with Crippen LogP contribution >= 0.6 is 0 Å². The minimum absolute atomic E-state index is 0.0252. The van der Waals surface area contributed by atoms with E-state index in [1.165, 1.54) is 24.6 Å². The van der Waals surface area contributed by atoms with Crippen LogP contribution in [0.5, 0.6) is 5.75 Å². The summed E-state index contributed by atoms with van der Waals surface area (Å²) in [6.45, 7) is 7.82. The van der Waals surface area contributed by atoms with Crippen molar-refractivity contribution >= 4 is 22.8 Å². The maximum Gasteiger partial charge on any atom is 0.335 e. The molecule has 0 N–H and O–H groups in total. The number of aromatic nitrogens is 1. The first-order valence-electron chi connectivity index (χ1n) is 14.3. The van der Waals surface area contributed by atoms with Crippen LogP contribution in [-0.4, -0.2) is 53.8 Å². The monoisotopic (exact) mass is 536 g/mol. The zero-order chi connectivity index (χ0) is 28.0. The Labute approximate surface area is 233 Å². The lowest BCUT2D eigenvalue weighted by molar-refractivity contribution is -0.156. The van der Waals surface area contributed by atoms with Crippen molar-refractivity contribution in [3.05, 3.63) is 65.9 Å². The number of unbranched alkanes of at least 4 members (excludes halogenated alkanes) is 4. The lowest BCUT2D eigenvalue weighted by Gasteiger charge is -2.23. The van der Waals surface area contributed by atoms with Gasteiger partial charge in [0.05, 0.1) is 13.2 Å². The average molecular weight is 537 g/mol. The molecule has 1 amide bonds. The number of nitrogens with zero attached hydrogens (tertiary/aromatic N) is 2. The van der Waals surface area contributed by atoms with Gasteiger partial charge in [-0.15, -0.1) is 0 Å². The second-order valence-corrected chi connectivity index (χ2v) is 9.82. The van der Waals surface area contributed by atoms with E-state index in [9.17, 15) is 9.59 Å². The van der Waals surface area contributed by atoms with Crippen molar-refractivity contribution in [2.24, 2.45) is 7.05 Å². The summed E-state index contributed by atoms with van der Waals surface area (Å²) in [6, 6.07) is 17.9. The molecule has 3 aromatic rings. The molecule has 7 nitrogen and oxygen atoms in total. The van der Waals surface area contributed by atoms with Gasteiger partial charge in [-0.3, -0.25) is 4.79 Å². The summed E-state index contributed by atoms with van der Waals surface area (Å²) in [5.41, 5.74) is 3.20. The van der Waals surface area contributed by atoms with Gasteiger partial charge in [-0.05, 0) is 55.5 Å². The smallest absolute Gasteiger partial charge is 0.335 e. The fraction of sp³-hybridized carbons (Fsp3) is 0.500. The topological polar surface area (TPSA) is 70.0 Å². The molecule has 1 heterocycles. The zero-order valence-corrected chi connectivity index (χ0v) is 24.0. The summed E-state index contributed by atoms with van der Waals surface area (Å²) in [5, 5.41) is 1.18. The normalized spacial score (nSPS) is 11.9. The van der Waals surface area contributed by atoms with E-state index in [0.717, 1.165) is 29.6 Å². The third-order valence-electron chi connectivity index (χ3n) is 6.91. The number of fused-ring (bicyclic) bond motifs is 1. The van der Waals surface area contributed by atoms with E-state index in [2.05, 4.69) is 36.7 Å². The fourth-order valence-electron chi connectivity index (χ4n) is 4.71. The van der Waals surface area contributed by atoms with Gasteiger partial charge in [0.25, 0.3) is 5.91 Å². The Kier molecular flexibility index (Phi) is 12.4. The first kappa shape index (κ1) is 30.2. The predicted octanol–water partition coefficient (Wildman–Crippen LogP) is 6.07. The molecule has 2 aromatic carbocycles. The van der Waals surface area contributed by atoms with Crippen LogP contribution in [0, 0.1) is 0 Å². The van der Waals surface area contributed by atoms with Crippen molar-refractivity contribution in [3.8, 4) is 5.75 Å². The van der Waals surface area contributed by atoms with Gasteiger partial charge in [0, 0.05) is 37.8 Å². The molecule has 0 saturated carbocycles. The molecule has 39 heavy (non-hydrogen) atoms. The highest BCUT2D eigenvalue weighted by Gasteiger charge is 2.21. The van der Waals surface area contributed by atoms with Crippen LogP contribution in [0.2, 0.25) is 0 Å². The molecule has 0 radical (unpaired) electrons. The number of para-hydroxylation sites is 1. The van der Waals surface area contributed by atoms with Crippen molar-refractivity contribution in [2.75, 3.05) is 26.4 Å². The number of hydrogen-bond acceptors (Lipinski definition) is 5. The van der Waals surface area contributed by atoms with Crippen LogP contribution in [0.4, 0.5) is 0 Å². The molecule has 1 atom stereocenters. The number of rotatable bonds is 17. The average Bonchev–Trinajstić information content (AvgIpc) is 3.26. The van der Waals surface area contributed by atoms with E-state index in [1.807, 2.05) is 48.2 Å². The number of carbonyl (C=O) groups is 2. The van der Waals surface area contributed by atoms with Crippen LogP contribution in [0.15, 0.2) is 54.6 Å². The van der Waals surface area contributed by atoms with Crippen molar-refractivity contribution in [1.29, 1.82) is 0 Å². The summed E-state index contributed by atoms with van der Waals surface area (Å²) in [7, 11) is 2.05. The van der Waals surface area contributed by atoms with Gasteiger partial charge in [0.2, 0.25) is 0 Å². The minimum atomic E-state index is -0.636. The van der Waals surface area contributed by atoms with Crippen molar-refractivity contribution in [1.82, 2.24) is 9.47 Å². The van der Waals surface area contributed by atoms with E-state index in [4.69, 9.17) is 14.2 Å². The zero-order valence-electron chi connectivity index (χ0n) is 24.0. The maximum absolute atomic E-state index is 13.3. The summed E-state index contributed by atoms with van der Waals surface area (Å²) in [5.74, 6) is 0.230. The first-order chi connectivity index (χ1) is 19.0. The second-order valence-electron chi connectivity index (χ2n) is 9.82. The van der Waals surface area contributed by atoms with Gasteiger partial charge in [-0.2, -0.15) is 0 Å². The van der Waals surface area contributed by atoms with E-state index < -0.39 is 6.10 Å². The Morgan fingerprint density at radius 2 is 1.67 bits per heavy atom. The quantitative estimate of drug-likeness (QED) is 0.155.